The fourth-order valence-electron chi connectivity index (χ4n) is 2.85. The summed E-state index contributed by atoms with van der Waals surface area (Å²) in [7, 11) is 2.91. The number of esters is 1. The summed E-state index contributed by atoms with van der Waals surface area (Å²) in [5, 5.41) is 0. The van der Waals surface area contributed by atoms with Crippen molar-refractivity contribution in [3.8, 4) is 11.5 Å². The van der Waals surface area contributed by atoms with Crippen molar-refractivity contribution in [2.45, 2.75) is 25.5 Å². The maximum absolute atomic E-state index is 13.7. The van der Waals surface area contributed by atoms with E-state index in [9.17, 15) is 9.18 Å². The first-order valence-corrected chi connectivity index (χ1v) is 8.31. The van der Waals surface area contributed by atoms with Crippen LogP contribution in [0, 0.1) is 5.82 Å². The number of rotatable bonds is 6. The van der Waals surface area contributed by atoms with E-state index in [0.717, 1.165) is 11.3 Å². The van der Waals surface area contributed by atoms with Crippen molar-refractivity contribution in [1.82, 2.24) is 0 Å². The third kappa shape index (κ3) is 3.85. The van der Waals surface area contributed by atoms with E-state index in [0.29, 0.717) is 29.9 Å². The number of hydrogen-bond acceptors (Lipinski definition) is 5. The predicted molar refractivity (Wildman–Crippen MR) is 95.3 cm³/mol. The Hall–Kier alpha value is -2.89. The number of nitrogens with zero attached hydrogens (tertiary/aromatic N) is 1. The molecule has 3 rings (SSSR count). The summed E-state index contributed by atoms with van der Waals surface area (Å²) in [6, 6.07) is 11.5. The molecule has 6 heteroatoms. The lowest BCUT2D eigenvalue weighted by atomic mass is 10.1. The number of carbonyl (C=O) groups excluding carboxylic acids is 1. The van der Waals surface area contributed by atoms with Gasteiger partial charge in [-0.2, -0.15) is 0 Å². The average Bonchev–Trinajstić information content (AvgIpc) is 3.17. The second-order valence-corrected chi connectivity index (χ2v) is 5.90. The van der Waals surface area contributed by atoms with E-state index in [-0.39, 0.29) is 18.4 Å². The molecular formula is C20H20FNO4. The maximum Gasteiger partial charge on any atom is 0.330 e. The Morgan fingerprint density at radius 3 is 2.73 bits per heavy atom. The summed E-state index contributed by atoms with van der Waals surface area (Å²) in [5.41, 5.74) is 2.17. The number of methoxy groups -OCH3 is 2. The molecule has 26 heavy (non-hydrogen) atoms. The van der Waals surface area contributed by atoms with E-state index in [1.54, 1.807) is 31.4 Å². The van der Waals surface area contributed by atoms with Gasteiger partial charge in [0, 0.05) is 11.3 Å². The van der Waals surface area contributed by atoms with Gasteiger partial charge >= 0.3 is 5.97 Å². The summed E-state index contributed by atoms with van der Waals surface area (Å²) in [6.07, 6.45) is 1.33. The molecule has 136 valence electrons. The zero-order valence-electron chi connectivity index (χ0n) is 14.7. The van der Waals surface area contributed by atoms with Crippen LogP contribution in [0.15, 0.2) is 47.5 Å². The molecule has 1 atom stereocenters. The average molecular weight is 357 g/mol. The number of hydrogen-bond donors (Lipinski definition) is 0. The molecule has 0 amide bonds. The molecule has 0 fully saturated rings. The van der Waals surface area contributed by atoms with Gasteiger partial charge in [0.15, 0.2) is 11.5 Å². The number of ether oxygens (including phenoxy) is 3. The molecule has 1 heterocycles. The summed E-state index contributed by atoms with van der Waals surface area (Å²) in [5.74, 6) is 0.416. The molecule has 0 unspecified atom stereocenters. The molecule has 2 aromatic carbocycles. The Labute approximate surface area is 151 Å². The fourth-order valence-corrected chi connectivity index (χ4v) is 2.85. The number of aliphatic imine (C=N–C) groups is 1. The molecular weight excluding hydrogens is 337 g/mol. The van der Waals surface area contributed by atoms with Crippen molar-refractivity contribution in [1.29, 1.82) is 0 Å². The Morgan fingerprint density at radius 2 is 2.00 bits per heavy atom. The van der Waals surface area contributed by atoms with Crippen molar-refractivity contribution >= 4 is 11.7 Å². The summed E-state index contributed by atoms with van der Waals surface area (Å²) < 4.78 is 29.6. The van der Waals surface area contributed by atoms with Gasteiger partial charge in [-0.3, -0.25) is 4.99 Å². The minimum atomic E-state index is -0.446. The molecule has 0 bridgehead atoms. The standard InChI is InChI=1S/C20H20FNO4/c1-24-19-11-13(16-8-9-17(22-16)20(23)25-2)7-10-18(19)26-12-14-5-3-4-6-15(14)21/h3-7,10-11,17H,8-9,12H2,1-2H3/t17-/m0/s1. The normalized spacial score (nSPS) is 16.1. The van der Waals surface area contributed by atoms with Crippen LogP contribution in [0.1, 0.15) is 24.0 Å². The van der Waals surface area contributed by atoms with Crippen LogP contribution in [-0.4, -0.2) is 31.9 Å². The predicted octanol–water partition coefficient (Wildman–Crippen LogP) is 3.54. The summed E-state index contributed by atoms with van der Waals surface area (Å²) in [4.78, 5) is 16.0. The molecule has 0 N–H and O–H groups in total. The topological polar surface area (TPSA) is 57.1 Å². The Kier molecular flexibility index (Phi) is 5.51. The third-order valence-electron chi connectivity index (χ3n) is 4.28. The minimum Gasteiger partial charge on any atom is -0.493 e. The quantitative estimate of drug-likeness (QED) is 0.742. The van der Waals surface area contributed by atoms with Gasteiger partial charge < -0.3 is 14.2 Å². The Balaban J connectivity index is 1.76. The SMILES string of the molecule is COC(=O)[C@@H]1CCC(c2ccc(OCc3ccccc3F)c(OC)c2)=N1. The van der Waals surface area contributed by atoms with Crippen LogP contribution in [-0.2, 0) is 16.1 Å². The zero-order valence-corrected chi connectivity index (χ0v) is 14.7. The lowest BCUT2D eigenvalue weighted by Gasteiger charge is -2.12. The van der Waals surface area contributed by atoms with Gasteiger partial charge in [-0.1, -0.05) is 18.2 Å². The van der Waals surface area contributed by atoms with Gasteiger partial charge in [-0.05, 0) is 42.7 Å². The van der Waals surface area contributed by atoms with Crippen LogP contribution < -0.4 is 9.47 Å². The first-order valence-electron chi connectivity index (χ1n) is 8.31. The number of benzene rings is 2. The summed E-state index contributed by atoms with van der Waals surface area (Å²) >= 11 is 0. The molecule has 5 nitrogen and oxygen atoms in total. The third-order valence-corrected chi connectivity index (χ3v) is 4.28. The first kappa shape index (κ1) is 17.9. The molecule has 1 aliphatic rings. The first-order chi connectivity index (χ1) is 12.6. The molecule has 0 spiro atoms. The smallest absolute Gasteiger partial charge is 0.330 e. The highest BCUT2D eigenvalue weighted by atomic mass is 19.1. The van der Waals surface area contributed by atoms with Crippen molar-refractivity contribution in [2.75, 3.05) is 14.2 Å². The molecule has 1 aliphatic heterocycles. The van der Waals surface area contributed by atoms with Crippen LogP contribution in [0.2, 0.25) is 0 Å². The minimum absolute atomic E-state index is 0.105. The number of halogens is 1. The second-order valence-electron chi connectivity index (χ2n) is 5.90. The molecule has 0 aliphatic carbocycles. The monoisotopic (exact) mass is 357 g/mol. The van der Waals surface area contributed by atoms with Gasteiger partial charge in [-0.15, -0.1) is 0 Å². The van der Waals surface area contributed by atoms with E-state index in [2.05, 4.69) is 4.99 Å². The van der Waals surface area contributed by atoms with Crippen molar-refractivity contribution in [2.24, 2.45) is 4.99 Å². The highest BCUT2D eigenvalue weighted by molar-refractivity contribution is 6.04. The van der Waals surface area contributed by atoms with Crippen LogP contribution >= 0.6 is 0 Å². The van der Waals surface area contributed by atoms with E-state index >= 15 is 0 Å². The van der Waals surface area contributed by atoms with E-state index in [1.807, 2.05) is 12.1 Å². The van der Waals surface area contributed by atoms with Gasteiger partial charge in [0.25, 0.3) is 0 Å². The maximum atomic E-state index is 13.7. The Morgan fingerprint density at radius 1 is 1.19 bits per heavy atom. The fraction of sp³-hybridized carbons (Fsp3) is 0.300. The zero-order chi connectivity index (χ0) is 18.5. The van der Waals surface area contributed by atoms with Crippen molar-refractivity contribution in [3.05, 3.63) is 59.4 Å². The molecule has 0 aromatic heterocycles. The lowest BCUT2D eigenvalue weighted by Crippen LogP contribution is -2.16. The lowest BCUT2D eigenvalue weighted by molar-refractivity contribution is -0.141. The van der Waals surface area contributed by atoms with Crippen LogP contribution in [0.25, 0.3) is 0 Å². The van der Waals surface area contributed by atoms with E-state index < -0.39 is 6.04 Å². The molecule has 0 saturated carbocycles. The van der Waals surface area contributed by atoms with Gasteiger partial charge in [-0.25, -0.2) is 9.18 Å². The van der Waals surface area contributed by atoms with Crippen molar-refractivity contribution in [3.63, 3.8) is 0 Å². The molecule has 0 saturated heterocycles. The summed E-state index contributed by atoms with van der Waals surface area (Å²) in [6.45, 7) is 0.105. The van der Waals surface area contributed by atoms with Crippen LogP contribution in [0.5, 0.6) is 11.5 Å². The number of carbonyl (C=O) groups is 1. The van der Waals surface area contributed by atoms with Gasteiger partial charge in [0.2, 0.25) is 0 Å². The van der Waals surface area contributed by atoms with Crippen LogP contribution in [0.3, 0.4) is 0 Å². The molecule has 2 aromatic rings. The van der Waals surface area contributed by atoms with Crippen LogP contribution in [0.4, 0.5) is 4.39 Å². The van der Waals surface area contributed by atoms with E-state index in [4.69, 9.17) is 14.2 Å². The van der Waals surface area contributed by atoms with E-state index in [1.165, 1.54) is 13.2 Å². The molecule has 0 radical (unpaired) electrons. The van der Waals surface area contributed by atoms with Gasteiger partial charge in [0.1, 0.15) is 18.5 Å². The van der Waals surface area contributed by atoms with Crippen molar-refractivity contribution < 1.29 is 23.4 Å². The Bertz CT molecular complexity index is 834. The largest absolute Gasteiger partial charge is 0.493 e. The highest BCUT2D eigenvalue weighted by Gasteiger charge is 2.26. The highest BCUT2D eigenvalue weighted by Crippen LogP contribution is 2.31. The second kappa shape index (κ2) is 7.99. The van der Waals surface area contributed by atoms with Gasteiger partial charge in [0.05, 0.1) is 14.2 Å².